The van der Waals surface area contributed by atoms with Crippen molar-refractivity contribution in [3.05, 3.63) is 42.5 Å². The lowest BCUT2D eigenvalue weighted by atomic mass is 10.3. The maximum Gasteiger partial charge on any atom is 0.150 e. The van der Waals surface area contributed by atoms with Crippen molar-refractivity contribution in [2.75, 3.05) is 39.6 Å². The Morgan fingerprint density at radius 3 is 2.04 bits per heavy atom. The SMILES string of the molecule is Oc1ccc2c(c1)OCCOCCOCCOc1ccccc1N=N2. The lowest BCUT2D eigenvalue weighted by Gasteiger charge is -2.12. The molecule has 1 heterocycles. The fourth-order valence-electron chi connectivity index (χ4n) is 2.21. The molecule has 1 N–H and O–H groups in total. The largest absolute Gasteiger partial charge is 0.508 e. The van der Waals surface area contributed by atoms with E-state index in [4.69, 9.17) is 18.9 Å². The van der Waals surface area contributed by atoms with Crippen molar-refractivity contribution >= 4 is 11.4 Å². The number of rotatable bonds is 0. The summed E-state index contributed by atoms with van der Waals surface area (Å²) in [7, 11) is 0. The molecule has 0 aromatic heterocycles. The summed E-state index contributed by atoms with van der Waals surface area (Å²) in [5.41, 5.74) is 1.12. The van der Waals surface area contributed by atoms with Gasteiger partial charge in [-0.25, -0.2) is 0 Å². The summed E-state index contributed by atoms with van der Waals surface area (Å²) in [6.45, 7) is 2.60. The minimum atomic E-state index is 0.0985. The van der Waals surface area contributed by atoms with Gasteiger partial charge in [-0.2, -0.15) is 0 Å². The van der Waals surface area contributed by atoms with Crippen molar-refractivity contribution in [3.63, 3.8) is 0 Å². The zero-order valence-corrected chi connectivity index (χ0v) is 13.8. The van der Waals surface area contributed by atoms with E-state index in [1.807, 2.05) is 24.3 Å². The van der Waals surface area contributed by atoms with Gasteiger partial charge in [-0.05, 0) is 24.3 Å². The molecule has 7 nitrogen and oxygen atoms in total. The lowest BCUT2D eigenvalue weighted by molar-refractivity contribution is 0.0274. The second-order valence-electron chi connectivity index (χ2n) is 5.24. The molecule has 2 aromatic carbocycles. The van der Waals surface area contributed by atoms with Gasteiger partial charge in [-0.1, -0.05) is 12.1 Å². The highest BCUT2D eigenvalue weighted by molar-refractivity contribution is 5.56. The van der Waals surface area contributed by atoms with E-state index in [2.05, 4.69) is 10.2 Å². The molecule has 0 saturated heterocycles. The van der Waals surface area contributed by atoms with Crippen LogP contribution >= 0.6 is 0 Å². The summed E-state index contributed by atoms with van der Waals surface area (Å²) in [5.74, 6) is 1.16. The molecule has 25 heavy (non-hydrogen) atoms. The van der Waals surface area contributed by atoms with Gasteiger partial charge in [0.1, 0.15) is 36.1 Å². The maximum absolute atomic E-state index is 9.67. The predicted molar refractivity (Wildman–Crippen MR) is 91.4 cm³/mol. The normalized spacial score (nSPS) is 16.2. The highest BCUT2D eigenvalue weighted by Gasteiger charge is 2.07. The molecule has 0 aliphatic carbocycles. The van der Waals surface area contributed by atoms with Gasteiger partial charge in [0.2, 0.25) is 0 Å². The van der Waals surface area contributed by atoms with E-state index in [1.54, 1.807) is 6.07 Å². The molecule has 0 bridgehead atoms. The molecule has 1 aliphatic heterocycles. The molecule has 0 radical (unpaired) electrons. The number of phenols is 1. The third-order valence-electron chi connectivity index (χ3n) is 3.42. The van der Waals surface area contributed by atoms with Crippen LogP contribution in [0.3, 0.4) is 0 Å². The zero-order chi connectivity index (χ0) is 17.3. The summed E-state index contributed by atoms with van der Waals surface area (Å²) in [4.78, 5) is 0. The Morgan fingerprint density at radius 1 is 0.680 bits per heavy atom. The van der Waals surface area contributed by atoms with E-state index < -0.39 is 0 Å². The first kappa shape index (κ1) is 17.2. The summed E-state index contributed by atoms with van der Waals surface area (Å²) < 4.78 is 22.2. The van der Waals surface area contributed by atoms with Gasteiger partial charge in [0.15, 0.2) is 5.75 Å². The summed E-state index contributed by atoms with van der Waals surface area (Å²) >= 11 is 0. The molecule has 0 spiro atoms. The third-order valence-corrected chi connectivity index (χ3v) is 3.42. The van der Waals surface area contributed by atoms with E-state index in [9.17, 15) is 5.11 Å². The zero-order valence-electron chi connectivity index (χ0n) is 13.8. The average molecular weight is 344 g/mol. The lowest BCUT2D eigenvalue weighted by Crippen LogP contribution is -2.13. The van der Waals surface area contributed by atoms with Crippen molar-refractivity contribution in [2.24, 2.45) is 10.2 Å². The van der Waals surface area contributed by atoms with Gasteiger partial charge in [0.05, 0.1) is 26.4 Å². The Kier molecular flexibility index (Phi) is 6.19. The molecule has 7 heteroatoms. The van der Waals surface area contributed by atoms with Crippen LogP contribution in [0.25, 0.3) is 0 Å². The fraction of sp³-hybridized carbons (Fsp3) is 0.333. The van der Waals surface area contributed by atoms with Gasteiger partial charge in [0, 0.05) is 6.07 Å². The standard InChI is InChI=1S/C18H20N2O5/c21-14-5-6-16-18(13-14)25-12-10-23-8-7-22-9-11-24-17-4-2-1-3-15(17)19-20-16/h1-6,13,21H,7-12H2. The van der Waals surface area contributed by atoms with Gasteiger partial charge in [-0.15, -0.1) is 10.2 Å². The molecule has 0 amide bonds. The van der Waals surface area contributed by atoms with E-state index in [1.165, 1.54) is 12.1 Å². The number of phenolic OH excluding ortho intramolecular Hbond substituents is 1. The van der Waals surface area contributed by atoms with Crippen LogP contribution in [0.2, 0.25) is 0 Å². The van der Waals surface area contributed by atoms with Crippen LogP contribution in [0.4, 0.5) is 11.4 Å². The smallest absolute Gasteiger partial charge is 0.150 e. The topological polar surface area (TPSA) is 81.9 Å². The van der Waals surface area contributed by atoms with E-state index >= 15 is 0 Å². The number of nitrogens with zero attached hydrogens (tertiary/aromatic N) is 2. The first-order valence-electron chi connectivity index (χ1n) is 8.08. The predicted octanol–water partition coefficient (Wildman–Crippen LogP) is 3.61. The van der Waals surface area contributed by atoms with Crippen molar-refractivity contribution in [1.82, 2.24) is 0 Å². The first-order chi connectivity index (χ1) is 12.3. The van der Waals surface area contributed by atoms with Crippen LogP contribution < -0.4 is 9.47 Å². The Labute approximate surface area is 145 Å². The average Bonchev–Trinajstić information content (AvgIpc) is 2.62. The number of hydrogen-bond acceptors (Lipinski definition) is 7. The number of aromatic hydroxyl groups is 1. The summed E-state index contributed by atoms with van der Waals surface area (Å²) in [6, 6.07) is 12.1. The summed E-state index contributed by atoms with van der Waals surface area (Å²) in [6.07, 6.45) is 0. The molecule has 0 saturated carbocycles. The Morgan fingerprint density at radius 2 is 1.28 bits per heavy atom. The Bertz CT molecular complexity index is 720. The number of fused-ring (bicyclic) bond motifs is 2. The third kappa shape index (κ3) is 5.17. The Balaban J connectivity index is 1.85. The van der Waals surface area contributed by atoms with Crippen LogP contribution in [0.5, 0.6) is 17.2 Å². The van der Waals surface area contributed by atoms with E-state index in [-0.39, 0.29) is 5.75 Å². The van der Waals surface area contributed by atoms with Crippen LogP contribution in [0.15, 0.2) is 52.7 Å². The number of ether oxygens (including phenoxy) is 4. The first-order valence-corrected chi connectivity index (χ1v) is 8.08. The second kappa shape index (κ2) is 9.00. The fourth-order valence-corrected chi connectivity index (χ4v) is 2.21. The molecule has 0 unspecified atom stereocenters. The van der Waals surface area contributed by atoms with Crippen molar-refractivity contribution < 1.29 is 24.1 Å². The highest BCUT2D eigenvalue weighted by Crippen LogP contribution is 2.34. The van der Waals surface area contributed by atoms with Crippen molar-refractivity contribution in [1.29, 1.82) is 0 Å². The minimum absolute atomic E-state index is 0.0985. The molecular formula is C18H20N2O5. The monoisotopic (exact) mass is 344 g/mol. The van der Waals surface area contributed by atoms with Crippen LogP contribution in [0.1, 0.15) is 0 Å². The molecule has 0 atom stereocenters. The van der Waals surface area contributed by atoms with Gasteiger partial charge in [0.25, 0.3) is 0 Å². The highest BCUT2D eigenvalue weighted by atomic mass is 16.6. The van der Waals surface area contributed by atoms with Crippen molar-refractivity contribution in [3.8, 4) is 17.2 Å². The van der Waals surface area contributed by atoms with E-state index in [0.29, 0.717) is 62.5 Å². The molecule has 2 aromatic rings. The Hall–Kier alpha value is -2.64. The van der Waals surface area contributed by atoms with Gasteiger partial charge in [-0.3, -0.25) is 0 Å². The van der Waals surface area contributed by atoms with Crippen molar-refractivity contribution in [2.45, 2.75) is 0 Å². The van der Waals surface area contributed by atoms with Gasteiger partial charge < -0.3 is 24.1 Å². The number of benzene rings is 2. The number of hydrogen-bond donors (Lipinski definition) is 1. The van der Waals surface area contributed by atoms with Crippen LogP contribution in [-0.4, -0.2) is 44.7 Å². The van der Waals surface area contributed by atoms with Gasteiger partial charge >= 0.3 is 0 Å². The minimum Gasteiger partial charge on any atom is -0.508 e. The molecule has 1 aliphatic rings. The number of azo groups is 1. The quantitative estimate of drug-likeness (QED) is 0.789. The molecule has 0 fully saturated rings. The van der Waals surface area contributed by atoms with E-state index in [0.717, 1.165) is 0 Å². The number of para-hydroxylation sites is 1. The molecular weight excluding hydrogens is 324 g/mol. The summed E-state index contributed by atoms with van der Waals surface area (Å²) in [5, 5.41) is 18.2. The second-order valence-corrected chi connectivity index (χ2v) is 5.24. The molecule has 132 valence electrons. The molecule has 3 rings (SSSR count). The van der Waals surface area contributed by atoms with Crippen LogP contribution in [0, 0.1) is 0 Å². The van der Waals surface area contributed by atoms with Crippen LogP contribution in [-0.2, 0) is 9.47 Å². The maximum atomic E-state index is 9.67.